The third kappa shape index (κ3) is 1.87. The molecule has 0 saturated carbocycles. The molecule has 5 nitrogen and oxygen atoms in total. The van der Waals surface area contributed by atoms with Gasteiger partial charge in [0.1, 0.15) is 11.8 Å². The highest BCUT2D eigenvalue weighted by Crippen LogP contribution is 1.96. The largest absolute Gasteiger partial charge is 0.410 e. The molecule has 1 aromatic rings. The van der Waals surface area contributed by atoms with Crippen LogP contribution >= 0.6 is 0 Å². The Kier molecular flexibility index (Phi) is 2.71. The van der Waals surface area contributed by atoms with Crippen molar-refractivity contribution >= 4 is 11.5 Å². The van der Waals surface area contributed by atoms with E-state index in [0.29, 0.717) is 0 Å². The summed E-state index contributed by atoms with van der Waals surface area (Å²) in [4.78, 5) is 14.9. The molecule has 5 heteroatoms. The molecule has 0 aromatic carbocycles. The van der Waals surface area contributed by atoms with E-state index in [1.807, 2.05) is 0 Å². The summed E-state index contributed by atoms with van der Waals surface area (Å²) < 4.78 is 0. The lowest BCUT2D eigenvalue weighted by atomic mass is 10.2. The first-order valence-electron chi connectivity index (χ1n) is 3.37. The topological polar surface area (TPSA) is 86.3 Å². The molecule has 0 unspecified atom stereocenters. The highest BCUT2D eigenvalue weighted by atomic mass is 16.4. The Balaban J connectivity index is 3.01. The zero-order chi connectivity index (χ0) is 9.68. The van der Waals surface area contributed by atoms with Crippen LogP contribution in [0.15, 0.2) is 29.6 Å². The molecule has 0 aliphatic rings. The first-order valence-corrected chi connectivity index (χ1v) is 3.37. The average molecular weight is 175 g/mol. The lowest BCUT2D eigenvalue weighted by molar-refractivity contribution is 0.105. The van der Waals surface area contributed by atoms with Gasteiger partial charge in [0, 0.05) is 6.20 Å². The third-order valence-electron chi connectivity index (χ3n) is 1.32. The number of rotatable bonds is 2. The second kappa shape index (κ2) is 3.97. The van der Waals surface area contributed by atoms with Crippen molar-refractivity contribution in [3.05, 3.63) is 30.1 Å². The van der Waals surface area contributed by atoms with E-state index < -0.39 is 11.5 Å². The Morgan fingerprint density at radius 1 is 1.62 bits per heavy atom. The van der Waals surface area contributed by atoms with Crippen LogP contribution in [0.4, 0.5) is 0 Å². The number of ketones is 1. The van der Waals surface area contributed by atoms with Gasteiger partial charge in [-0.3, -0.25) is 9.78 Å². The van der Waals surface area contributed by atoms with Crippen molar-refractivity contribution < 1.29 is 10.0 Å². The zero-order valence-electron chi connectivity index (χ0n) is 6.51. The van der Waals surface area contributed by atoms with Gasteiger partial charge in [-0.1, -0.05) is 11.2 Å². The number of aromatic nitrogens is 1. The fraction of sp³-hybridized carbons (Fsp3) is 0. The maximum Gasteiger partial charge on any atom is 0.243 e. The molecule has 1 aromatic heterocycles. The highest BCUT2D eigenvalue weighted by molar-refractivity contribution is 6.50. The molecule has 1 N–H and O–H groups in total. The average Bonchev–Trinajstić information content (AvgIpc) is 2.21. The van der Waals surface area contributed by atoms with Crippen LogP contribution in [0.25, 0.3) is 0 Å². The Hall–Kier alpha value is -2.22. The van der Waals surface area contributed by atoms with Crippen molar-refractivity contribution in [1.29, 1.82) is 5.26 Å². The fourth-order valence-electron chi connectivity index (χ4n) is 0.737. The van der Waals surface area contributed by atoms with Gasteiger partial charge in [-0.15, -0.1) is 0 Å². The Morgan fingerprint density at radius 3 is 2.85 bits per heavy atom. The molecule has 64 valence electrons. The first-order chi connectivity index (χ1) is 6.29. The molecule has 0 saturated heterocycles. The van der Waals surface area contributed by atoms with Crippen LogP contribution in [-0.4, -0.2) is 21.7 Å². The summed E-state index contributed by atoms with van der Waals surface area (Å²) >= 11 is 0. The van der Waals surface area contributed by atoms with Gasteiger partial charge >= 0.3 is 0 Å². The SMILES string of the molecule is N#C/C(=N\O)C(=O)c1ccccn1. The maximum atomic E-state index is 11.2. The fourth-order valence-corrected chi connectivity index (χ4v) is 0.737. The molecule has 0 radical (unpaired) electrons. The van der Waals surface area contributed by atoms with E-state index in [-0.39, 0.29) is 5.69 Å². The number of hydrogen-bond acceptors (Lipinski definition) is 5. The number of oxime groups is 1. The second-order valence-electron chi connectivity index (χ2n) is 2.10. The molecule has 0 spiro atoms. The molecule has 0 bridgehead atoms. The van der Waals surface area contributed by atoms with Crippen LogP contribution < -0.4 is 0 Å². The molecular weight excluding hydrogens is 170 g/mol. The van der Waals surface area contributed by atoms with E-state index in [1.165, 1.54) is 18.3 Å². The molecule has 0 fully saturated rings. The molecule has 0 aliphatic heterocycles. The van der Waals surface area contributed by atoms with Gasteiger partial charge in [0.15, 0.2) is 0 Å². The minimum atomic E-state index is -0.689. The van der Waals surface area contributed by atoms with E-state index in [9.17, 15) is 4.79 Å². The van der Waals surface area contributed by atoms with E-state index >= 15 is 0 Å². The molecule has 1 heterocycles. The monoisotopic (exact) mass is 175 g/mol. The molecule has 0 aliphatic carbocycles. The number of pyridine rings is 1. The number of carbonyl (C=O) groups excluding carboxylic acids is 1. The van der Waals surface area contributed by atoms with Crippen LogP contribution in [0.1, 0.15) is 10.5 Å². The normalized spacial score (nSPS) is 10.5. The number of hydrogen-bond donors (Lipinski definition) is 1. The summed E-state index contributed by atoms with van der Waals surface area (Å²) in [5.41, 5.74) is -0.490. The number of Topliss-reactive ketones (excluding diaryl/α,β-unsaturated/α-hetero) is 1. The smallest absolute Gasteiger partial charge is 0.243 e. The summed E-state index contributed by atoms with van der Waals surface area (Å²) in [6, 6.07) is 6.14. The van der Waals surface area contributed by atoms with Crippen molar-refractivity contribution in [2.45, 2.75) is 0 Å². The molecule has 1 rings (SSSR count). The lowest BCUT2D eigenvalue weighted by Gasteiger charge is -1.93. The number of carbonyl (C=O) groups is 1. The summed E-state index contributed by atoms with van der Waals surface area (Å²) in [7, 11) is 0. The molecule has 0 amide bonds. The van der Waals surface area contributed by atoms with Gasteiger partial charge in [0.05, 0.1) is 0 Å². The van der Waals surface area contributed by atoms with Gasteiger partial charge in [-0.05, 0) is 12.1 Å². The van der Waals surface area contributed by atoms with Crippen molar-refractivity contribution in [3.63, 3.8) is 0 Å². The lowest BCUT2D eigenvalue weighted by Crippen LogP contribution is -2.13. The second-order valence-corrected chi connectivity index (χ2v) is 2.10. The highest BCUT2D eigenvalue weighted by Gasteiger charge is 2.14. The number of nitrogens with zero attached hydrogens (tertiary/aromatic N) is 3. The van der Waals surface area contributed by atoms with Gasteiger partial charge in [0.2, 0.25) is 11.5 Å². The third-order valence-corrected chi connectivity index (χ3v) is 1.32. The Morgan fingerprint density at radius 2 is 2.38 bits per heavy atom. The van der Waals surface area contributed by atoms with Gasteiger partial charge in [0.25, 0.3) is 0 Å². The van der Waals surface area contributed by atoms with Crippen LogP contribution in [0, 0.1) is 11.3 Å². The van der Waals surface area contributed by atoms with Crippen molar-refractivity contribution in [2.24, 2.45) is 5.16 Å². The Bertz CT molecular complexity index is 378. The van der Waals surface area contributed by atoms with E-state index in [0.717, 1.165) is 0 Å². The van der Waals surface area contributed by atoms with Crippen molar-refractivity contribution in [1.82, 2.24) is 4.98 Å². The van der Waals surface area contributed by atoms with Crippen LogP contribution in [0.5, 0.6) is 0 Å². The van der Waals surface area contributed by atoms with Gasteiger partial charge < -0.3 is 5.21 Å². The van der Waals surface area contributed by atoms with Crippen molar-refractivity contribution in [3.8, 4) is 6.07 Å². The number of nitriles is 1. The van der Waals surface area contributed by atoms with Crippen LogP contribution in [0.3, 0.4) is 0 Å². The minimum Gasteiger partial charge on any atom is -0.410 e. The summed E-state index contributed by atoms with van der Waals surface area (Å²) in [5, 5.41) is 19.2. The van der Waals surface area contributed by atoms with E-state index in [1.54, 1.807) is 12.1 Å². The van der Waals surface area contributed by atoms with E-state index in [2.05, 4.69) is 10.1 Å². The Labute approximate surface area is 73.9 Å². The molecular formula is C8H5N3O2. The van der Waals surface area contributed by atoms with Gasteiger partial charge in [-0.25, -0.2) is 0 Å². The van der Waals surface area contributed by atoms with Crippen LogP contribution in [0.2, 0.25) is 0 Å². The van der Waals surface area contributed by atoms with Crippen LogP contribution in [-0.2, 0) is 0 Å². The minimum absolute atomic E-state index is 0.0804. The van der Waals surface area contributed by atoms with Gasteiger partial charge in [-0.2, -0.15) is 5.26 Å². The standard InChI is InChI=1S/C8H5N3O2/c9-5-7(11-13)8(12)6-3-1-2-4-10-6/h1-4,13H/b11-7+. The predicted octanol–water partition coefficient (Wildman–Crippen LogP) is 0.618. The summed E-state index contributed by atoms with van der Waals surface area (Å²) in [6.07, 6.45) is 1.42. The maximum absolute atomic E-state index is 11.2. The molecule has 0 atom stereocenters. The zero-order valence-corrected chi connectivity index (χ0v) is 6.51. The van der Waals surface area contributed by atoms with Crippen molar-refractivity contribution in [2.75, 3.05) is 0 Å². The summed E-state index contributed by atoms with van der Waals surface area (Å²) in [5.74, 6) is -0.689. The first kappa shape index (κ1) is 8.87. The van der Waals surface area contributed by atoms with E-state index in [4.69, 9.17) is 10.5 Å². The predicted molar refractivity (Wildman–Crippen MR) is 43.4 cm³/mol. The molecule has 13 heavy (non-hydrogen) atoms. The summed E-state index contributed by atoms with van der Waals surface area (Å²) in [6.45, 7) is 0. The quantitative estimate of drug-likeness (QED) is 0.309.